The van der Waals surface area contributed by atoms with Crippen LogP contribution >= 0.6 is 0 Å². The number of benzene rings is 3. The maximum Gasteiger partial charge on any atom is 0.329 e. The van der Waals surface area contributed by atoms with Crippen LogP contribution in [0.1, 0.15) is 95.8 Å². The number of esters is 1. The predicted molar refractivity (Wildman–Crippen MR) is 267 cm³/mol. The molecule has 0 unspecified atom stereocenters. The van der Waals surface area contributed by atoms with Gasteiger partial charge >= 0.3 is 11.9 Å². The quantitative estimate of drug-likeness (QED) is 0.0688. The third-order valence-corrected chi connectivity index (χ3v) is 13.2. The van der Waals surface area contributed by atoms with Crippen molar-refractivity contribution in [2.24, 2.45) is 5.92 Å². The number of unbranched alkanes of at least 4 members (excludes halogenated alkanes) is 2. The highest BCUT2D eigenvalue weighted by atomic mass is 16.5. The first-order valence-corrected chi connectivity index (χ1v) is 25.0. The summed E-state index contributed by atoms with van der Waals surface area (Å²) in [6.45, 7) is 6.36. The standard InChI is InChI=1S/C53H69N7O14/c1-6-7-9-14-42(63)54-39(29-44(65)66)48(68)58-46-31(4)74-53(73)45(30(2)3)57-49(69)40(25-19-32-15-20-35(61)21-16-32)59(5)52(72)41(28-33-12-10-8-11-13-33)60-43(64)26-24-37(51(60)71)55-47(67)38(56-50(46)70)27-34-17-22-36(62)23-18-34/h8,10-13,15-18,20-23,30-31,37-41,43,45-46,61-62,64H,6-7,9,14,19,24-29H2,1-5H3,(H,54,63)(H,55,67)(H,56,70)(H,57,69)(H,58,68)(H,65,66)/t31-,37+,38-,39-,40-,41+,43+,45-,46-/m1/s1. The van der Waals surface area contributed by atoms with Crippen molar-refractivity contribution in [2.75, 3.05) is 7.05 Å². The zero-order valence-corrected chi connectivity index (χ0v) is 42.3. The summed E-state index contributed by atoms with van der Waals surface area (Å²) < 4.78 is 5.87. The zero-order chi connectivity index (χ0) is 54.2. The Morgan fingerprint density at radius 1 is 0.757 bits per heavy atom. The van der Waals surface area contributed by atoms with Gasteiger partial charge < -0.3 is 61.5 Å². The maximum atomic E-state index is 15.1. The van der Waals surface area contributed by atoms with Crippen molar-refractivity contribution >= 4 is 53.3 Å². The van der Waals surface area contributed by atoms with Gasteiger partial charge in [-0.05, 0) is 85.9 Å². The molecular formula is C53H69N7O14. The van der Waals surface area contributed by atoms with Crippen molar-refractivity contribution in [3.63, 3.8) is 0 Å². The second-order valence-corrected chi connectivity index (χ2v) is 19.2. The normalized spacial score (nSPS) is 23.8. The predicted octanol–water partition coefficient (Wildman–Crippen LogP) is 1.73. The van der Waals surface area contributed by atoms with Crippen molar-refractivity contribution in [2.45, 2.75) is 153 Å². The molecule has 0 spiro atoms. The monoisotopic (exact) mass is 1030 g/mol. The molecule has 9 N–H and O–H groups in total. The summed E-state index contributed by atoms with van der Waals surface area (Å²) in [5, 5.41) is 54.2. The number of carbonyl (C=O) groups is 9. The first-order valence-electron chi connectivity index (χ1n) is 25.0. The van der Waals surface area contributed by atoms with E-state index in [1.807, 2.05) is 6.92 Å². The molecule has 0 saturated carbocycles. The maximum absolute atomic E-state index is 15.1. The molecule has 400 valence electrons. The number of carbonyl (C=O) groups excluding carboxylic acids is 8. The number of likely N-dealkylation sites (N-methyl/N-ethyl adjacent to an activating group) is 1. The molecular weight excluding hydrogens is 959 g/mol. The first kappa shape index (κ1) is 57.4. The number of aliphatic hydroxyl groups is 1. The van der Waals surface area contributed by atoms with E-state index in [9.17, 15) is 58.8 Å². The third kappa shape index (κ3) is 16.0. The number of aromatic hydroxyl groups is 2. The molecule has 0 radical (unpaired) electrons. The molecule has 21 nitrogen and oxygen atoms in total. The number of aliphatic carboxylic acids is 1. The number of aryl methyl sites for hydroxylation is 1. The molecule has 7 amide bonds. The lowest BCUT2D eigenvalue weighted by atomic mass is 9.95. The average Bonchev–Trinajstić information content (AvgIpc) is 3.35. The summed E-state index contributed by atoms with van der Waals surface area (Å²) in [5.74, 6) is -9.63. The number of carboxylic acid groups (broad SMARTS) is 1. The number of aliphatic hydroxyl groups excluding tert-OH is 1. The molecule has 2 saturated heterocycles. The molecule has 9 atom stereocenters. The summed E-state index contributed by atoms with van der Waals surface area (Å²) >= 11 is 0. The van der Waals surface area contributed by atoms with Gasteiger partial charge in [0.25, 0.3) is 0 Å². The van der Waals surface area contributed by atoms with Crippen molar-refractivity contribution in [1.29, 1.82) is 0 Å². The molecule has 2 heterocycles. The molecule has 21 heteroatoms. The van der Waals surface area contributed by atoms with Crippen LogP contribution in [0.15, 0.2) is 78.9 Å². The van der Waals surface area contributed by atoms with Crippen LogP contribution in [0, 0.1) is 5.92 Å². The first-order chi connectivity index (χ1) is 35.2. The number of ether oxygens (including phenoxy) is 1. The number of carboxylic acids is 1. The summed E-state index contributed by atoms with van der Waals surface area (Å²) in [6.07, 6.45) is -2.70. The number of phenolic OH excluding ortho intramolecular Hbond substituents is 2. The number of nitrogens with zero attached hydrogens (tertiary/aromatic N) is 2. The minimum Gasteiger partial charge on any atom is -0.508 e. The minimum atomic E-state index is -1.90. The van der Waals surface area contributed by atoms with Crippen LogP contribution in [0.5, 0.6) is 11.5 Å². The van der Waals surface area contributed by atoms with Crippen molar-refractivity contribution in [3.05, 3.63) is 95.6 Å². The molecule has 2 aliphatic heterocycles. The molecule has 2 aliphatic rings. The Morgan fingerprint density at radius 3 is 1.99 bits per heavy atom. The van der Waals surface area contributed by atoms with E-state index in [2.05, 4.69) is 26.6 Å². The van der Waals surface area contributed by atoms with Crippen molar-refractivity contribution in [3.8, 4) is 11.5 Å². The summed E-state index contributed by atoms with van der Waals surface area (Å²) in [6, 6.07) is 9.65. The summed E-state index contributed by atoms with van der Waals surface area (Å²) in [7, 11) is 1.36. The van der Waals surface area contributed by atoms with E-state index in [1.165, 1.54) is 50.4 Å². The molecule has 2 bridgehead atoms. The number of hydrogen-bond acceptors (Lipinski definition) is 13. The topological polar surface area (TPSA) is 310 Å². The minimum absolute atomic E-state index is 0.00183. The Morgan fingerprint density at radius 2 is 1.38 bits per heavy atom. The van der Waals surface area contributed by atoms with Gasteiger partial charge in [-0.15, -0.1) is 0 Å². The Kier molecular flexibility index (Phi) is 20.9. The number of cyclic esters (lactones) is 1. The lowest BCUT2D eigenvalue weighted by Gasteiger charge is -2.43. The fourth-order valence-electron chi connectivity index (χ4n) is 8.92. The molecule has 0 aromatic heterocycles. The van der Waals surface area contributed by atoms with Gasteiger partial charge in [-0.3, -0.25) is 38.4 Å². The van der Waals surface area contributed by atoms with Crippen molar-refractivity contribution in [1.82, 2.24) is 36.4 Å². The fourth-order valence-corrected chi connectivity index (χ4v) is 8.92. The molecule has 3 aromatic carbocycles. The van der Waals surface area contributed by atoms with Crippen molar-refractivity contribution < 1.29 is 68.3 Å². The third-order valence-electron chi connectivity index (χ3n) is 13.2. The van der Waals surface area contributed by atoms with Gasteiger partial charge in [0.05, 0.1) is 6.42 Å². The van der Waals surface area contributed by atoms with Gasteiger partial charge in [-0.25, -0.2) is 4.79 Å². The second kappa shape index (κ2) is 26.9. The van der Waals surface area contributed by atoms with Gasteiger partial charge in [0.2, 0.25) is 41.4 Å². The molecule has 0 aliphatic carbocycles. The van der Waals surface area contributed by atoms with E-state index in [-0.39, 0.29) is 56.4 Å². The Hall–Kier alpha value is -7.55. The summed E-state index contributed by atoms with van der Waals surface area (Å²) in [4.78, 5) is 129. The van der Waals surface area contributed by atoms with Crippen LogP contribution in [0.4, 0.5) is 0 Å². The van der Waals surface area contributed by atoms with Gasteiger partial charge in [0.1, 0.15) is 66.1 Å². The number of amides is 7. The number of phenols is 2. The average molecular weight is 1030 g/mol. The largest absolute Gasteiger partial charge is 0.508 e. The molecule has 3 aromatic rings. The van der Waals surface area contributed by atoms with Gasteiger partial charge in [-0.2, -0.15) is 0 Å². The van der Waals surface area contributed by atoms with Gasteiger partial charge in [-0.1, -0.05) is 88.2 Å². The van der Waals surface area contributed by atoms with E-state index in [1.54, 1.807) is 56.3 Å². The molecule has 2 fully saturated rings. The highest BCUT2D eigenvalue weighted by Crippen LogP contribution is 2.26. The highest BCUT2D eigenvalue weighted by molar-refractivity contribution is 5.99. The van der Waals surface area contributed by atoms with E-state index in [0.29, 0.717) is 29.5 Å². The zero-order valence-electron chi connectivity index (χ0n) is 42.3. The lowest BCUT2D eigenvalue weighted by Crippen LogP contribution is -2.65. The van der Waals surface area contributed by atoms with Crippen LogP contribution < -0.4 is 26.6 Å². The van der Waals surface area contributed by atoms with E-state index >= 15 is 4.79 Å². The molecule has 74 heavy (non-hydrogen) atoms. The van der Waals surface area contributed by atoms with Crippen LogP contribution in [0.3, 0.4) is 0 Å². The Labute approximate surface area is 429 Å². The SMILES string of the molecule is CCCCCC(=O)N[C@H](CC(=O)O)C(=O)N[C@H]1C(=O)N[C@H](Cc2ccc(O)cc2)C(=O)N[C@H]2CC[C@H](O)N(C2=O)[C@@H](Cc2ccccc2)C(=O)N(C)[C@H](CCc2ccc(O)cc2)C(=O)N[C@H](C(C)C)C(=O)O[C@@H]1C. The Bertz CT molecular complexity index is 2460. The van der Waals surface area contributed by atoms with Gasteiger partial charge in [0.15, 0.2) is 0 Å². The van der Waals surface area contributed by atoms with Crippen LogP contribution in [-0.2, 0) is 67.2 Å². The number of fused-ring (bicyclic) bond motifs is 2. The number of piperidine rings is 1. The number of hydrogen-bond donors (Lipinski definition) is 9. The van der Waals surface area contributed by atoms with E-state index in [4.69, 9.17) is 4.74 Å². The number of nitrogens with one attached hydrogen (secondary N) is 5. The van der Waals surface area contributed by atoms with Crippen LogP contribution in [0.2, 0.25) is 0 Å². The number of rotatable bonds is 17. The Balaban J connectivity index is 1.63. The smallest absolute Gasteiger partial charge is 0.329 e. The highest BCUT2D eigenvalue weighted by Gasteiger charge is 2.46. The van der Waals surface area contributed by atoms with Crippen LogP contribution in [0.25, 0.3) is 0 Å². The lowest BCUT2D eigenvalue weighted by molar-refractivity contribution is -0.165. The van der Waals surface area contributed by atoms with E-state index in [0.717, 1.165) is 16.2 Å². The second-order valence-electron chi connectivity index (χ2n) is 19.2. The van der Waals surface area contributed by atoms with E-state index < -0.39 is 120 Å². The van der Waals surface area contributed by atoms with Gasteiger partial charge in [0, 0.05) is 26.3 Å². The molecule has 5 rings (SSSR count). The fraction of sp³-hybridized carbons (Fsp3) is 0.491. The summed E-state index contributed by atoms with van der Waals surface area (Å²) in [5.41, 5.74) is 1.68. The van der Waals surface area contributed by atoms with Crippen LogP contribution in [-0.4, -0.2) is 145 Å².